The van der Waals surface area contributed by atoms with Crippen LogP contribution in [0.5, 0.6) is 0 Å². The monoisotopic (exact) mass is 562 g/mol. The highest BCUT2D eigenvalue weighted by Gasteiger charge is 2.33. The summed E-state index contributed by atoms with van der Waals surface area (Å²) in [7, 11) is 2.15. The molecular weight excluding hydrogens is 528 g/mol. The Labute approximate surface area is 198 Å². The number of nitrogens with one attached hydrogen (secondary N) is 2. The molecule has 1 atom stereocenters. The van der Waals surface area contributed by atoms with Crippen LogP contribution >= 0.6 is 35.3 Å². The first-order valence-corrected chi connectivity index (χ1v) is 11.0. The van der Waals surface area contributed by atoms with E-state index in [-0.39, 0.29) is 24.0 Å². The largest absolute Gasteiger partial charge is 0.434 e. The van der Waals surface area contributed by atoms with Gasteiger partial charge in [-0.1, -0.05) is 13.8 Å². The Hall–Kier alpha value is -0.660. The van der Waals surface area contributed by atoms with Gasteiger partial charge >= 0.3 is 6.18 Å². The van der Waals surface area contributed by atoms with E-state index >= 15 is 0 Å². The van der Waals surface area contributed by atoms with Crippen molar-refractivity contribution in [3.63, 3.8) is 0 Å². The molecule has 1 aromatic heterocycles. The van der Waals surface area contributed by atoms with Crippen molar-refractivity contribution in [2.75, 3.05) is 52.9 Å². The lowest BCUT2D eigenvalue weighted by Gasteiger charge is -2.39. The molecule has 2 rings (SSSR count). The molecule has 0 bridgehead atoms. The van der Waals surface area contributed by atoms with E-state index in [1.807, 2.05) is 6.92 Å². The number of aromatic nitrogens is 1. The predicted molar refractivity (Wildman–Crippen MR) is 128 cm³/mol. The molecule has 1 aromatic rings. The van der Waals surface area contributed by atoms with Gasteiger partial charge < -0.3 is 15.5 Å². The molecular formula is C19H34F3IN6S. The van der Waals surface area contributed by atoms with E-state index in [0.717, 1.165) is 49.4 Å². The van der Waals surface area contributed by atoms with E-state index in [9.17, 15) is 13.2 Å². The highest BCUT2D eigenvalue weighted by atomic mass is 127. The van der Waals surface area contributed by atoms with Crippen LogP contribution in [0.4, 0.5) is 13.2 Å². The number of alkyl halides is 3. The third-order valence-electron chi connectivity index (χ3n) is 5.03. The van der Waals surface area contributed by atoms with Crippen LogP contribution in [0.2, 0.25) is 0 Å². The van der Waals surface area contributed by atoms with Gasteiger partial charge in [-0.3, -0.25) is 9.89 Å². The fraction of sp³-hybridized carbons (Fsp3) is 0.789. The van der Waals surface area contributed by atoms with E-state index in [0.29, 0.717) is 42.4 Å². The van der Waals surface area contributed by atoms with E-state index in [1.165, 1.54) is 0 Å². The second kappa shape index (κ2) is 13.0. The van der Waals surface area contributed by atoms with Crippen LogP contribution < -0.4 is 10.6 Å². The van der Waals surface area contributed by atoms with Gasteiger partial charge in [0.25, 0.3) is 0 Å². The van der Waals surface area contributed by atoms with Gasteiger partial charge in [-0.05, 0) is 19.9 Å². The van der Waals surface area contributed by atoms with Crippen molar-refractivity contribution in [1.82, 2.24) is 25.4 Å². The standard InChI is InChI=1S/C19H33F3N6S.HI/c1-5-23-18(24-7-6-17-26-16(13-29-17)19(20,21)22)25-12-15(14(2)3)28-10-8-27(4)9-11-28;/h13-15H,5-12H2,1-4H3,(H2,23,24,25);1H. The average molecular weight is 562 g/mol. The van der Waals surface area contributed by atoms with Crippen molar-refractivity contribution in [2.24, 2.45) is 10.9 Å². The fourth-order valence-corrected chi connectivity index (χ4v) is 4.08. The Balaban J connectivity index is 0.00000450. The van der Waals surface area contributed by atoms with Gasteiger partial charge in [0.15, 0.2) is 11.7 Å². The molecule has 1 unspecified atom stereocenters. The molecule has 11 heteroatoms. The number of piperazine rings is 1. The Kier molecular flexibility index (Phi) is 11.9. The third kappa shape index (κ3) is 8.83. The quantitative estimate of drug-likeness (QED) is 0.290. The van der Waals surface area contributed by atoms with Crippen LogP contribution in [0.3, 0.4) is 0 Å². The number of hydrogen-bond donors (Lipinski definition) is 2. The first kappa shape index (κ1) is 27.4. The minimum absolute atomic E-state index is 0. The summed E-state index contributed by atoms with van der Waals surface area (Å²) in [6.07, 6.45) is -3.95. The van der Waals surface area contributed by atoms with Crippen LogP contribution in [0.1, 0.15) is 31.5 Å². The summed E-state index contributed by atoms with van der Waals surface area (Å²) in [6, 6.07) is 0.368. The summed E-state index contributed by atoms with van der Waals surface area (Å²) < 4.78 is 38.0. The summed E-state index contributed by atoms with van der Waals surface area (Å²) >= 11 is 1.04. The first-order valence-electron chi connectivity index (χ1n) is 10.2. The molecule has 0 aliphatic carbocycles. The van der Waals surface area contributed by atoms with Crippen molar-refractivity contribution in [3.8, 4) is 0 Å². The zero-order chi connectivity index (χ0) is 21.4. The van der Waals surface area contributed by atoms with Gasteiger partial charge in [-0.25, -0.2) is 4.98 Å². The number of rotatable bonds is 8. The lowest BCUT2D eigenvalue weighted by Crippen LogP contribution is -2.52. The van der Waals surface area contributed by atoms with Crippen LogP contribution in [-0.4, -0.2) is 79.6 Å². The van der Waals surface area contributed by atoms with Gasteiger partial charge in [0.05, 0.1) is 11.6 Å². The summed E-state index contributed by atoms with van der Waals surface area (Å²) in [5, 5.41) is 7.97. The molecule has 6 nitrogen and oxygen atoms in total. The summed E-state index contributed by atoms with van der Waals surface area (Å²) in [6.45, 7) is 12.6. The topological polar surface area (TPSA) is 55.8 Å². The Bertz CT molecular complexity index is 644. The summed E-state index contributed by atoms with van der Waals surface area (Å²) in [5.41, 5.74) is -0.815. The van der Waals surface area contributed by atoms with E-state index in [1.54, 1.807) is 0 Å². The van der Waals surface area contributed by atoms with Crippen LogP contribution in [-0.2, 0) is 12.6 Å². The second-order valence-electron chi connectivity index (χ2n) is 7.67. The minimum Gasteiger partial charge on any atom is -0.357 e. The first-order chi connectivity index (χ1) is 13.7. The maximum atomic E-state index is 12.7. The number of thiazole rings is 1. The lowest BCUT2D eigenvalue weighted by molar-refractivity contribution is -0.140. The van der Waals surface area contributed by atoms with Crippen molar-refractivity contribution in [3.05, 3.63) is 16.1 Å². The molecule has 0 radical (unpaired) electrons. The second-order valence-corrected chi connectivity index (χ2v) is 8.61. The molecule has 1 aliphatic rings. The van der Waals surface area contributed by atoms with E-state index < -0.39 is 11.9 Å². The highest BCUT2D eigenvalue weighted by Crippen LogP contribution is 2.30. The van der Waals surface area contributed by atoms with Crippen LogP contribution in [0.15, 0.2) is 10.4 Å². The number of nitrogens with zero attached hydrogens (tertiary/aromatic N) is 4. The molecule has 2 N–H and O–H groups in total. The predicted octanol–water partition coefficient (Wildman–Crippen LogP) is 3.15. The van der Waals surface area contributed by atoms with E-state index in [2.05, 4.69) is 46.3 Å². The van der Waals surface area contributed by atoms with Crippen molar-refractivity contribution in [2.45, 2.75) is 39.4 Å². The number of halogens is 4. The molecule has 30 heavy (non-hydrogen) atoms. The molecule has 174 valence electrons. The Morgan fingerprint density at radius 3 is 2.43 bits per heavy atom. The molecule has 1 saturated heterocycles. The number of hydrogen-bond acceptors (Lipinski definition) is 5. The minimum atomic E-state index is -4.38. The summed E-state index contributed by atoms with van der Waals surface area (Å²) in [5.74, 6) is 1.18. The smallest absolute Gasteiger partial charge is 0.357 e. The average Bonchev–Trinajstić information content (AvgIpc) is 3.12. The van der Waals surface area contributed by atoms with Crippen molar-refractivity contribution in [1.29, 1.82) is 0 Å². The number of guanidine groups is 1. The third-order valence-corrected chi connectivity index (χ3v) is 5.94. The van der Waals surface area contributed by atoms with Crippen LogP contribution in [0, 0.1) is 5.92 Å². The van der Waals surface area contributed by atoms with Crippen LogP contribution in [0.25, 0.3) is 0 Å². The highest BCUT2D eigenvalue weighted by molar-refractivity contribution is 14.0. The zero-order valence-electron chi connectivity index (χ0n) is 18.1. The van der Waals surface area contributed by atoms with Gasteiger partial charge in [0, 0.05) is 57.1 Å². The normalized spacial score (nSPS) is 17.7. The molecule has 0 amide bonds. The molecule has 1 aliphatic heterocycles. The molecule has 0 aromatic carbocycles. The molecule has 1 fully saturated rings. The van der Waals surface area contributed by atoms with Crippen molar-refractivity contribution >= 4 is 41.3 Å². The molecule has 2 heterocycles. The van der Waals surface area contributed by atoms with Gasteiger partial charge in [-0.2, -0.15) is 13.2 Å². The van der Waals surface area contributed by atoms with Gasteiger partial charge in [0.1, 0.15) is 0 Å². The van der Waals surface area contributed by atoms with Crippen molar-refractivity contribution < 1.29 is 13.2 Å². The Morgan fingerprint density at radius 1 is 1.23 bits per heavy atom. The van der Waals surface area contributed by atoms with E-state index in [4.69, 9.17) is 4.99 Å². The van der Waals surface area contributed by atoms with Gasteiger partial charge in [-0.15, -0.1) is 35.3 Å². The molecule has 0 saturated carbocycles. The summed E-state index contributed by atoms with van der Waals surface area (Å²) in [4.78, 5) is 13.3. The van der Waals surface area contributed by atoms with Gasteiger partial charge in [0.2, 0.25) is 0 Å². The number of likely N-dealkylation sites (N-methyl/N-ethyl adjacent to an activating group) is 1. The SMILES string of the molecule is CCNC(=NCC(C(C)C)N1CCN(C)CC1)NCCc1nc(C(F)(F)F)cs1.I. The molecule has 0 spiro atoms. The number of aliphatic imine (C=N–C) groups is 1. The maximum absolute atomic E-state index is 12.7. The maximum Gasteiger partial charge on any atom is 0.434 e. The lowest BCUT2D eigenvalue weighted by atomic mass is 10.0. The fourth-order valence-electron chi connectivity index (χ4n) is 3.27. The zero-order valence-corrected chi connectivity index (χ0v) is 21.3. The Morgan fingerprint density at radius 2 is 1.90 bits per heavy atom.